The smallest absolute Gasteiger partial charge is 0.00490 e. The van der Waals surface area contributed by atoms with Gasteiger partial charge in [0.15, 0.2) is 0 Å². The molecular formula is C15H34N2. The molecule has 0 aromatic carbocycles. The van der Waals surface area contributed by atoms with Gasteiger partial charge in [-0.1, -0.05) is 58.8 Å². The summed E-state index contributed by atoms with van der Waals surface area (Å²) in [6.07, 6.45) is 12.7. The van der Waals surface area contributed by atoms with Crippen molar-refractivity contribution < 1.29 is 0 Å². The van der Waals surface area contributed by atoms with Gasteiger partial charge >= 0.3 is 0 Å². The van der Waals surface area contributed by atoms with Crippen molar-refractivity contribution in [2.45, 2.75) is 71.6 Å². The molecule has 0 saturated heterocycles. The summed E-state index contributed by atoms with van der Waals surface area (Å²) in [4.78, 5) is 0. The second kappa shape index (κ2) is 15.9. The van der Waals surface area contributed by atoms with Crippen molar-refractivity contribution in [1.29, 1.82) is 0 Å². The highest BCUT2D eigenvalue weighted by Gasteiger charge is 1.92. The molecule has 0 rings (SSSR count). The third-order valence-electron chi connectivity index (χ3n) is 3.21. The SMILES string of the molecule is CCNCCCCCCCCCCCNCC. The van der Waals surface area contributed by atoms with Gasteiger partial charge in [-0.3, -0.25) is 0 Å². The number of rotatable bonds is 14. The number of nitrogens with one attached hydrogen (secondary N) is 2. The lowest BCUT2D eigenvalue weighted by atomic mass is 10.1. The van der Waals surface area contributed by atoms with Crippen LogP contribution in [0.1, 0.15) is 71.6 Å². The van der Waals surface area contributed by atoms with Crippen molar-refractivity contribution in [3.8, 4) is 0 Å². The van der Waals surface area contributed by atoms with Crippen molar-refractivity contribution in [2.75, 3.05) is 26.2 Å². The van der Waals surface area contributed by atoms with Gasteiger partial charge in [0.2, 0.25) is 0 Å². The minimum Gasteiger partial charge on any atom is -0.317 e. The molecule has 0 aromatic rings. The first-order valence-corrected chi connectivity index (χ1v) is 7.83. The maximum absolute atomic E-state index is 3.38. The molecule has 104 valence electrons. The van der Waals surface area contributed by atoms with E-state index in [0.29, 0.717) is 0 Å². The number of hydrogen-bond acceptors (Lipinski definition) is 2. The molecule has 0 aliphatic heterocycles. The Morgan fingerprint density at radius 2 is 0.765 bits per heavy atom. The first-order chi connectivity index (χ1) is 8.41. The Morgan fingerprint density at radius 3 is 1.06 bits per heavy atom. The summed E-state index contributed by atoms with van der Waals surface area (Å²) in [5.74, 6) is 0. The van der Waals surface area contributed by atoms with Crippen LogP contribution < -0.4 is 10.6 Å². The van der Waals surface area contributed by atoms with Gasteiger partial charge in [0.25, 0.3) is 0 Å². The highest BCUT2D eigenvalue weighted by Crippen LogP contribution is 2.09. The standard InChI is InChI=1S/C15H34N2/c1-3-16-14-12-10-8-6-5-7-9-11-13-15-17-4-2/h16-17H,3-15H2,1-2H3. The fourth-order valence-electron chi connectivity index (χ4n) is 2.09. The van der Waals surface area contributed by atoms with Gasteiger partial charge in [0.05, 0.1) is 0 Å². The summed E-state index contributed by atoms with van der Waals surface area (Å²) in [6, 6.07) is 0. The Hall–Kier alpha value is -0.0800. The second-order valence-corrected chi connectivity index (χ2v) is 4.89. The highest BCUT2D eigenvalue weighted by molar-refractivity contribution is 4.50. The molecule has 0 radical (unpaired) electrons. The fourth-order valence-corrected chi connectivity index (χ4v) is 2.09. The summed E-state index contributed by atoms with van der Waals surface area (Å²) in [5.41, 5.74) is 0. The molecule has 2 N–H and O–H groups in total. The van der Waals surface area contributed by atoms with Crippen LogP contribution in [0.2, 0.25) is 0 Å². The Bertz CT molecular complexity index is 112. The van der Waals surface area contributed by atoms with E-state index in [9.17, 15) is 0 Å². The summed E-state index contributed by atoms with van der Waals surface area (Å²) in [7, 11) is 0. The average molecular weight is 242 g/mol. The van der Waals surface area contributed by atoms with Crippen molar-refractivity contribution in [3.63, 3.8) is 0 Å². The second-order valence-electron chi connectivity index (χ2n) is 4.89. The lowest BCUT2D eigenvalue weighted by Crippen LogP contribution is -2.13. The first-order valence-electron chi connectivity index (χ1n) is 7.83. The maximum Gasteiger partial charge on any atom is -0.00490 e. The largest absolute Gasteiger partial charge is 0.317 e. The quantitative estimate of drug-likeness (QED) is 0.454. The summed E-state index contributed by atoms with van der Waals surface area (Å²) in [5, 5.41) is 6.76. The normalized spacial score (nSPS) is 10.9. The van der Waals surface area contributed by atoms with Crippen LogP contribution in [0.3, 0.4) is 0 Å². The molecule has 0 aliphatic rings. The fraction of sp³-hybridized carbons (Fsp3) is 1.00. The van der Waals surface area contributed by atoms with Crippen LogP contribution in [0.5, 0.6) is 0 Å². The van der Waals surface area contributed by atoms with E-state index in [1.165, 1.54) is 70.9 Å². The Labute approximate surface area is 109 Å². The van der Waals surface area contributed by atoms with Gasteiger partial charge in [0, 0.05) is 0 Å². The third-order valence-corrected chi connectivity index (χ3v) is 3.21. The topological polar surface area (TPSA) is 24.1 Å². The van der Waals surface area contributed by atoms with E-state index < -0.39 is 0 Å². The Morgan fingerprint density at radius 1 is 0.471 bits per heavy atom. The lowest BCUT2D eigenvalue weighted by Gasteiger charge is -2.03. The minimum atomic E-state index is 1.12. The molecule has 0 aromatic heterocycles. The van der Waals surface area contributed by atoms with E-state index in [-0.39, 0.29) is 0 Å². The van der Waals surface area contributed by atoms with E-state index in [1.54, 1.807) is 0 Å². The van der Waals surface area contributed by atoms with Crippen molar-refractivity contribution >= 4 is 0 Å². The van der Waals surface area contributed by atoms with Crippen LogP contribution in [0, 0.1) is 0 Å². The molecule has 0 amide bonds. The zero-order valence-corrected chi connectivity index (χ0v) is 12.2. The molecule has 0 saturated carbocycles. The minimum absolute atomic E-state index is 1.12. The average Bonchev–Trinajstić information content (AvgIpc) is 2.35. The molecule has 0 bridgehead atoms. The van der Waals surface area contributed by atoms with Crippen molar-refractivity contribution in [2.24, 2.45) is 0 Å². The number of hydrogen-bond donors (Lipinski definition) is 2. The molecule has 0 aliphatic carbocycles. The van der Waals surface area contributed by atoms with Gasteiger partial charge in [-0.2, -0.15) is 0 Å². The molecule has 0 spiro atoms. The molecule has 0 fully saturated rings. The van der Waals surface area contributed by atoms with Crippen molar-refractivity contribution in [3.05, 3.63) is 0 Å². The molecule has 2 heteroatoms. The van der Waals surface area contributed by atoms with Gasteiger partial charge in [-0.25, -0.2) is 0 Å². The predicted molar refractivity (Wildman–Crippen MR) is 78.6 cm³/mol. The van der Waals surface area contributed by atoms with Crippen LogP contribution in [0.25, 0.3) is 0 Å². The zero-order valence-electron chi connectivity index (χ0n) is 12.2. The lowest BCUT2D eigenvalue weighted by molar-refractivity contribution is 0.541. The van der Waals surface area contributed by atoms with Crippen molar-refractivity contribution in [1.82, 2.24) is 10.6 Å². The van der Waals surface area contributed by atoms with Crippen LogP contribution in [0.15, 0.2) is 0 Å². The summed E-state index contributed by atoms with van der Waals surface area (Å²) in [6.45, 7) is 9.01. The highest BCUT2D eigenvalue weighted by atomic mass is 14.8. The van der Waals surface area contributed by atoms with E-state index in [4.69, 9.17) is 0 Å². The Kier molecular flexibility index (Phi) is 15.8. The summed E-state index contributed by atoms with van der Waals surface area (Å²) >= 11 is 0. The molecule has 0 heterocycles. The molecule has 2 nitrogen and oxygen atoms in total. The van der Waals surface area contributed by atoms with E-state index in [1.807, 2.05) is 0 Å². The Balaban J connectivity index is 2.85. The van der Waals surface area contributed by atoms with Gasteiger partial charge in [-0.15, -0.1) is 0 Å². The maximum atomic E-state index is 3.38. The zero-order chi connectivity index (χ0) is 12.6. The van der Waals surface area contributed by atoms with Gasteiger partial charge in [-0.05, 0) is 39.0 Å². The molecule has 0 atom stereocenters. The van der Waals surface area contributed by atoms with E-state index in [0.717, 1.165) is 13.1 Å². The first kappa shape index (κ1) is 16.9. The molecule has 17 heavy (non-hydrogen) atoms. The van der Waals surface area contributed by atoms with Crippen LogP contribution >= 0.6 is 0 Å². The molecule has 0 unspecified atom stereocenters. The molecular weight excluding hydrogens is 208 g/mol. The van der Waals surface area contributed by atoms with Crippen LogP contribution in [0.4, 0.5) is 0 Å². The number of unbranched alkanes of at least 4 members (excludes halogenated alkanes) is 8. The van der Waals surface area contributed by atoms with E-state index >= 15 is 0 Å². The predicted octanol–water partition coefficient (Wildman–Crippen LogP) is 3.72. The monoisotopic (exact) mass is 242 g/mol. The third kappa shape index (κ3) is 15.9. The van der Waals surface area contributed by atoms with Gasteiger partial charge < -0.3 is 10.6 Å². The van der Waals surface area contributed by atoms with Crippen LogP contribution in [-0.2, 0) is 0 Å². The van der Waals surface area contributed by atoms with E-state index in [2.05, 4.69) is 24.5 Å². The van der Waals surface area contributed by atoms with Gasteiger partial charge in [0.1, 0.15) is 0 Å². The summed E-state index contributed by atoms with van der Waals surface area (Å²) < 4.78 is 0. The van der Waals surface area contributed by atoms with Crippen LogP contribution in [-0.4, -0.2) is 26.2 Å².